The van der Waals surface area contributed by atoms with Crippen molar-refractivity contribution in [3.8, 4) is 0 Å². The molecular formula is C12H21NO. The Labute approximate surface area is 86.5 Å². The average molecular weight is 195 g/mol. The maximum atomic E-state index is 6.02. The van der Waals surface area contributed by atoms with Crippen molar-refractivity contribution in [2.24, 2.45) is 5.73 Å². The van der Waals surface area contributed by atoms with Gasteiger partial charge in [0, 0.05) is 0 Å². The van der Waals surface area contributed by atoms with Crippen LogP contribution in [0.25, 0.3) is 0 Å². The summed E-state index contributed by atoms with van der Waals surface area (Å²) in [6.45, 7) is 6.24. The van der Waals surface area contributed by atoms with Gasteiger partial charge in [0.2, 0.25) is 0 Å². The van der Waals surface area contributed by atoms with E-state index in [0.29, 0.717) is 0 Å². The Morgan fingerprint density at radius 1 is 1.36 bits per heavy atom. The number of rotatable bonds is 5. The summed E-state index contributed by atoms with van der Waals surface area (Å²) in [5, 5.41) is 0. The Hall–Kier alpha value is -0.760. The molecule has 0 radical (unpaired) electrons. The molecule has 1 rings (SSSR count). The van der Waals surface area contributed by atoms with Crippen LogP contribution in [0.2, 0.25) is 0 Å². The number of hydrogen-bond donors (Lipinski definition) is 1. The van der Waals surface area contributed by atoms with E-state index < -0.39 is 0 Å². The first-order valence-electron chi connectivity index (χ1n) is 5.47. The summed E-state index contributed by atoms with van der Waals surface area (Å²) >= 11 is 0. The normalized spacial score (nSPS) is 13.1. The molecule has 80 valence electrons. The van der Waals surface area contributed by atoms with Crippen LogP contribution in [-0.2, 0) is 0 Å². The van der Waals surface area contributed by atoms with Gasteiger partial charge in [-0.1, -0.05) is 26.2 Å². The minimum atomic E-state index is 0.0777. The molecule has 0 unspecified atom stereocenters. The molecule has 1 heterocycles. The average Bonchev–Trinajstić information content (AvgIpc) is 2.47. The van der Waals surface area contributed by atoms with Crippen molar-refractivity contribution in [2.45, 2.75) is 52.5 Å². The summed E-state index contributed by atoms with van der Waals surface area (Å²) in [4.78, 5) is 0. The van der Waals surface area contributed by atoms with Crippen LogP contribution in [-0.4, -0.2) is 0 Å². The smallest absolute Gasteiger partial charge is 0.121 e. The van der Waals surface area contributed by atoms with Gasteiger partial charge in [0.25, 0.3) is 0 Å². The van der Waals surface area contributed by atoms with E-state index in [4.69, 9.17) is 10.2 Å². The summed E-state index contributed by atoms with van der Waals surface area (Å²) in [5.41, 5.74) is 7.22. The molecule has 2 nitrogen and oxygen atoms in total. The van der Waals surface area contributed by atoms with Crippen molar-refractivity contribution in [1.82, 2.24) is 0 Å². The van der Waals surface area contributed by atoms with Crippen LogP contribution >= 0.6 is 0 Å². The first-order chi connectivity index (χ1) is 6.65. The van der Waals surface area contributed by atoms with Crippen molar-refractivity contribution in [3.63, 3.8) is 0 Å². The van der Waals surface area contributed by atoms with Gasteiger partial charge in [-0.05, 0) is 31.9 Å². The lowest BCUT2D eigenvalue weighted by Crippen LogP contribution is -2.08. The zero-order chi connectivity index (χ0) is 10.6. The molecule has 0 spiro atoms. The summed E-state index contributed by atoms with van der Waals surface area (Å²) < 4.78 is 5.58. The Morgan fingerprint density at radius 3 is 2.57 bits per heavy atom. The Morgan fingerprint density at radius 2 is 2.07 bits per heavy atom. The highest BCUT2D eigenvalue weighted by Crippen LogP contribution is 2.22. The van der Waals surface area contributed by atoms with Gasteiger partial charge >= 0.3 is 0 Å². The summed E-state index contributed by atoms with van der Waals surface area (Å²) in [7, 11) is 0. The van der Waals surface area contributed by atoms with Crippen LogP contribution in [0.15, 0.2) is 10.5 Å². The Kier molecular flexibility index (Phi) is 4.21. The van der Waals surface area contributed by atoms with Crippen LogP contribution in [0, 0.1) is 13.8 Å². The van der Waals surface area contributed by atoms with E-state index in [2.05, 4.69) is 19.9 Å². The molecule has 14 heavy (non-hydrogen) atoms. The van der Waals surface area contributed by atoms with Crippen molar-refractivity contribution < 1.29 is 4.42 Å². The topological polar surface area (TPSA) is 39.2 Å². The molecule has 0 amide bonds. The third-order valence-electron chi connectivity index (χ3n) is 2.67. The van der Waals surface area contributed by atoms with Crippen molar-refractivity contribution in [2.75, 3.05) is 0 Å². The van der Waals surface area contributed by atoms with Crippen LogP contribution in [0.3, 0.4) is 0 Å². The van der Waals surface area contributed by atoms with Crippen molar-refractivity contribution in [1.29, 1.82) is 0 Å². The predicted octanol–water partition coefficient (Wildman–Crippen LogP) is 3.48. The molecule has 0 aromatic carbocycles. The molecule has 0 fully saturated rings. The fraction of sp³-hybridized carbons (Fsp3) is 0.667. The fourth-order valence-electron chi connectivity index (χ4n) is 1.54. The third kappa shape index (κ3) is 2.88. The van der Waals surface area contributed by atoms with Crippen molar-refractivity contribution >= 4 is 0 Å². The minimum Gasteiger partial charge on any atom is -0.464 e. The number of aryl methyl sites for hydroxylation is 2. The highest BCUT2D eigenvalue weighted by molar-refractivity contribution is 5.20. The Balaban J connectivity index is 2.47. The molecule has 1 atom stereocenters. The largest absolute Gasteiger partial charge is 0.464 e. The molecule has 0 aliphatic rings. The molecule has 0 saturated heterocycles. The zero-order valence-electron chi connectivity index (χ0n) is 9.47. The molecular weight excluding hydrogens is 174 g/mol. The second kappa shape index (κ2) is 5.20. The van der Waals surface area contributed by atoms with E-state index in [0.717, 1.165) is 17.9 Å². The first kappa shape index (κ1) is 11.3. The number of furan rings is 1. The van der Waals surface area contributed by atoms with Gasteiger partial charge in [0.05, 0.1) is 6.04 Å². The van der Waals surface area contributed by atoms with Crippen LogP contribution in [0.4, 0.5) is 0 Å². The van der Waals surface area contributed by atoms with Gasteiger partial charge in [-0.2, -0.15) is 0 Å². The molecule has 0 aliphatic carbocycles. The van der Waals surface area contributed by atoms with Crippen LogP contribution < -0.4 is 5.73 Å². The molecule has 2 heteroatoms. The van der Waals surface area contributed by atoms with Gasteiger partial charge in [-0.3, -0.25) is 0 Å². The highest BCUT2D eigenvalue weighted by atomic mass is 16.3. The maximum Gasteiger partial charge on any atom is 0.121 e. The monoisotopic (exact) mass is 195 g/mol. The van der Waals surface area contributed by atoms with Gasteiger partial charge in [0.15, 0.2) is 0 Å². The summed E-state index contributed by atoms with van der Waals surface area (Å²) in [6.07, 6.45) is 4.71. The number of hydrogen-bond acceptors (Lipinski definition) is 2. The second-order valence-corrected chi connectivity index (χ2v) is 3.99. The van der Waals surface area contributed by atoms with Gasteiger partial charge in [-0.15, -0.1) is 0 Å². The van der Waals surface area contributed by atoms with E-state index >= 15 is 0 Å². The van der Waals surface area contributed by atoms with E-state index in [9.17, 15) is 0 Å². The Bertz CT molecular complexity index is 258. The molecule has 0 aliphatic heterocycles. The third-order valence-corrected chi connectivity index (χ3v) is 2.67. The maximum absolute atomic E-state index is 6.02. The number of unbranched alkanes of at least 4 members (excludes halogenated alkanes) is 2. The number of nitrogens with two attached hydrogens (primary N) is 1. The fourth-order valence-corrected chi connectivity index (χ4v) is 1.54. The van der Waals surface area contributed by atoms with Crippen LogP contribution in [0.1, 0.15) is 55.7 Å². The predicted molar refractivity (Wildman–Crippen MR) is 59.3 cm³/mol. The minimum absolute atomic E-state index is 0.0777. The highest BCUT2D eigenvalue weighted by Gasteiger charge is 2.11. The van der Waals surface area contributed by atoms with E-state index in [-0.39, 0.29) is 6.04 Å². The molecule has 0 saturated carbocycles. The SMILES string of the molecule is CCCCC[C@@H](N)c1cc(C)c(C)o1. The van der Waals surface area contributed by atoms with E-state index in [1.54, 1.807) is 0 Å². The second-order valence-electron chi connectivity index (χ2n) is 3.99. The lowest BCUT2D eigenvalue weighted by molar-refractivity contribution is 0.425. The molecule has 1 aromatic rings. The molecule has 1 aromatic heterocycles. The summed E-state index contributed by atoms with van der Waals surface area (Å²) in [5.74, 6) is 1.93. The summed E-state index contributed by atoms with van der Waals surface area (Å²) in [6, 6.07) is 2.14. The quantitative estimate of drug-likeness (QED) is 0.730. The molecule has 0 bridgehead atoms. The van der Waals surface area contributed by atoms with Gasteiger partial charge in [0.1, 0.15) is 11.5 Å². The first-order valence-corrected chi connectivity index (χ1v) is 5.47. The van der Waals surface area contributed by atoms with E-state index in [1.807, 2.05) is 6.92 Å². The van der Waals surface area contributed by atoms with E-state index in [1.165, 1.54) is 24.8 Å². The molecule has 2 N–H and O–H groups in total. The van der Waals surface area contributed by atoms with Crippen LogP contribution in [0.5, 0.6) is 0 Å². The lowest BCUT2D eigenvalue weighted by Gasteiger charge is -2.07. The lowest BCUT2D eigenvalue weighted by atomic mass is 10.1. The standard InChI is InChI=1S/C12H21NO/c1-4-5-6-7-11(13)12-8-9(2)10(3)14-12/h8,11H,4-7,13H2,1-3H3/t11-/m1/s1. The van der Waals surface area contributed by atoms with Gasteiger partial charge in [-0.25, -0.2) is 0 Å². The zero-order valence-corrected chi connectivity index (χ0v) is 9.47. The van der Waals surface area contributed by atoms with Crippen molar-refractivity contribution in [3.05, 3.63) is 23.2 Å². The van der Waals surface area contributed by atoms with Gasteiger partial charge < -0.3 is 10.2 Å².